The van der Waals surface area contributed by atoms with Crippen molar-refractivity contribution < 1.29 is 4.79 Å². The molecule has 0 saturated carbocycles. The molecule has 0 aromatic rings. The molecule has 0 spiro atoms. The van der Waals surface area contributed by atoms with Gasteiger partial charge < -0.3 is 10.6 Å². The highest BCUT2D eigenvalue weighted by Gasteiger charge is 2.09. The average Bonchev–Trinajstić information content (AvgIpc) is 2.01. The van der Waals surface area contributed by atoms with Crippen molar-refractivity contribution in [1.82, 2.24) is 10.6 Å². The molecule has 0 radical (unpaired) electrons. The zero-order valence-electron chi connectivity index (χ0n) is 8.98. The van der Waals surface area contributed by atoms with E-state index in [-0.39, 0.29) is 5.54 Å². The maximum atomic E-state index is 10.6. The number of rotatable bonds is 5. The molecule has 0 aliphatic heterocycles. The summed E-state index contributed by atoms with van der Waals surface area (Å²) in [5.41, 5.74) is 0.529. The second kappa shape index (κ2) is 5.62. The molecule has 0 amide bonds. The molecular formula is C10H20N2O. The highest BCUT2D eigenvalue weighted by Crippen LogP contribution is 2.01. The van der Waals surface area contributed by atoms with Crippen LogP contribution < -0.4 is 10.6 Å². The van der Waals surface area contributed by atoms with E-state index in [1.54, 1.807) is 6.20 Å². The van der Waals surface area contributed by atoms with Crippen LogP contribution in [0.4, 0.5) is 0 Å². The van der Waals surface area contributed by atoms with Gasteiger partial charge in [-0.25, -0.2) is 0 Å². The topological polar surface area (TPSA) is 41.1 Å². The first-order chi connectivity index (χ1) is 5.99. The number of carbonyl (C=O) groups is 1. The summed E-state index contributed by atoms with van der Waals surface area (Å²) >= 11 is 0. The highest BCUT2D eigenvalue weighted by molar-refractivity contribution is 5.72. The zero-order valence-corrected chi connectivity index (χ0v) is 8.98. The van der Waals surface area contributed by atoms with Crippen LogP contribution in [0.25, 0.3) is 0 Å². The van der Waals surface area contributed by atoms with Crippen LogP contribution in [0.15, 0.2) is 11.9 Å². The van der Waals surface area contributed by atoms with Crippen molar-refractivity contribution in [1.29, 1.82) is 0 Å². The van der Waals surface area contributed by atoms with E-state index in [1.165, 1.54) is 0 Å². The van der Waals surface area contributed by atoms with Gasteiger partial charge in [-0.05, 0) is 27.2 Å². The Bertz CT molecular complexity index is 180. The number of carbonyl (C=O) groups excluding carboxylic acids is 1. The molecule has 0 aliphatic carbocycles. The van der Waals surface area contributed by atoms with Gasteiger partial charge in [-0.1, -0.05) is 6.92 Å². The van der Waals surface area contributed by atoms with Crippen LogP contribution in [0, 0.1) is 0 Å². The minimum atomic E-state index is -0.0688. The third-order valence-electron chi connectivity index (χ3n) is 1.30. The minimum absolute atomic E-state index is 0.0688. The molecule has 0 unspecified atom stereocenters. The zero-order chi connectivity index (χ0) is 10.3. The Morgan fingerprint density at radius 3 is 2.38 bits per heavy atom. The highest BCUT2D eigenvalue weighted by atomic mass is 16.1. The van der Waals surface area contributed by atoms with Crippen LogP contribution >= 0.6 is 0 Å². The van der Waals surface area contributed by atoms with E-state index in [2.05, 4.69) is 17.6 Å². The second-order valence-electron chi connectivity index (χ2n) is 4.05. The molecule has 2 N–H and O–H groups in total. The lowest BCUT2D eigenvalue weighted by Gasteiger charge is -2.21. The molecule has 0 bridgehead atoms. The molecule has 0 saturated heterocycles. The second-order valence-corrected chi connectivity index (χ2v) is 4.05. The minimum Gasteiger partial charge on any atom is -0.389 e. The molecule has 0 heterocycles. The fourth-order valence-corrected chi connectivity index (χ4v) is 0.859. The molecule has 0 fully saturated rings. The fourth-order valence-electron chi connectivity index (χ4n) is 0.859. The summed E-state index contributed by atoms with van der Waals surface area (Å²) < 4.78 is 0. The van der Waals surface area contributed by atoms with Crippen LogP contribution in [-0.2, 0) is 4.79 Å². The number of allylic oxidation sites excluding steroid dienone is 1. The number of nitrogens with one attached hydrogen (secondary N) is 2. The van der Waals surface area contributed by atoms with Crippen LogP contribution in [0.1, 0.15) is 34.1 Å². The largest absolute Gasteiger partial charge is 0.389 e. The van der Waals surface area contributed by atoms with E-state index in [1.807, 2.05) is 20.8 Å². The molecule has 0 aliphatic rings. The Balaban J connectivity index is 4.02. The Kier molecular flexibility index (Phi) is 5.19. The Morgan fingerprint density at radius 2 is 2.00 bits per heavy atom. The van der Waals surface area contributed by atoms with Crippen molar-refractivity contribution in [3.05, 3.63) is 11.9 Å². The molecule has 76 valence electrons. The summed E-state index contributed by atoms with van der Waals surface area (Å²) in [6.45, 7) is 9.03. The summed E-state index contributed by atoms with van der Waals surface area (Å²) in [7, 11) is 0. The predicted octanol–water partition coefficient (Wildman–Crippen LogP) is 1.41. The first-order valence-corrected chi connectivity index (χ1v) is 4.66. The van der Waals surface area contributed by atoms with Gasteiger partial charge in [0.2, 0.25) is 0 Å². The average molecular weight is 184 g/mol. The third-order valence-corrected chi connectivity index (χ3v) is 1.30. The lowest BCUT2D eigenvalue weighted by Crippen LogP contribution is -2.36. The summed E-state index contributed by atoms with van der Waals surface area (Å²) in [4.78, 5) is 10.6. The fraction of sp³-hybridized carbons (Fsp3) is 0.700. The van der Waals surface area contributed by atoms with E-state index >= 15 is 0 Å². The van der Waals surface area contributed by atoms with Gasteiger partial charge in [0, 0.05) is 18.3 Å². The first kappa shape index (κ1) is 12.0. The van der Waals surface area contributed by atoms with E-state index in [4.69, 9.17) is 0 Å². The predicted molar refractivity (Wildman–Crippen MR) is 55.3 cm³/mol. The van der Waals surface area contributed by atoms with Gasteiger partial charge >= 0.3 is 0 Å². The number of aldehydes is 1. The molecule has 0 rings (SSSR count). The van der Waals surface area contributed by atoms with Crippen LogP contribution in [-0.4, -0.2) is 18.4 Å². The number of hydrogen-bond donors (Lipinski definition) is 2. The third kappa shape index (κ3) is 7.37. The van der Waals surface area contributed by atoms with Crippen molar-refractivity contribution in [2.24, 2.45) is 0 Å². The summed E-state index contributed by atoms with van der Waals surface area (Å²) in [5.74, 6) is 0. The first-order valence-electron chi connectivity index (χ1n) is 4.66. The van der Waals surface area contributed by atoms with Crippen LogP contribution in [0.2, 0.25) is 0 Å². The summed E-state index contributed by atoms with van der Waals surface area (Å²) in [5, 5.41) is 6.15. The SMILES string of the molecule is CCCNC=C(C=O)NC(C)(C)C. The molecule has 13 heavy (non-hydrogen) atoms. The van der Waals surface area contributed by atoms with Crippen molar-refractivity contribution in [3.63, 3.8) is 0 Å². The van der Waals surface area contributed by atoms with E-state index < -0.39 is 0 Å². The monoisotopic (exact) mass is 184 g/mol. The van der Waals surface area contributed by atoms with Gasteiger partial charge in [-0.2, -0.15) is 0 Å². The molecule has 0 atom stereocenters. The van der Waals surface area contributed by atoms with Crippen LogP contribution in [0.5, 0.6) is 0 Å². The van der Waals surface area contributed by atoms with Gasteiger partial charge in [-0.3, -0.25) is 4.79 Å². The Hall–Kier alpha value is -0.990. The van der Waals surface area contributed by atoms with Crippen molar-refractivity contribution in [2.75, 3.05) is 6.54 Å². The van der Waals surface area contributed by atoms with E-state index in [0.29, 0.717) is 5.70 Å². The standard InChI is InChI=1S/C10H20N2O/c1-5-6-11-7-9(8-13)12-10(2,3)4/h7-8,11-12H,5-6H2,1-4H3. The summed E-state index contributed by atoms with van der Waals surface area (Å²) in [6, 6.07) is 0. The van der Waals surface area contributed by atoms with Gasteiger partial charge in [0.05, 0.1) is 5.70 Å². The lowest BCUT2D eigenvalue weighted by atomic mass is 10.1. The summed E-state index contributed by atoms with van der Waals surface area (Å²) in [6.07, 6.45) is 3.60. The molecule has 0 aromatic heterocycles. The molecule has 3 nitrogen and oxygen atoms in total. The van der Waals surface area contributed by atoms with Gasteiger partial charge in [0.25, 0.3) is 0 Å². The normalized spacial score (nSPS) is 12.5. The Labute approximate surface area is 80.6 Å². The van der Waals surface area contributed by atoms with Crippen LogP contribution in [0.3, 0.4) is 0 Å². The van der Waals surface area contributed by atoms with Gasteiger partial charge in [0.1, 0.15) is 0 Å². The lowest BCUT2D eigenvalue weighted by molar-refractivity contribution is -0.105. The van der Waals surface area contributed by atoms with Crippen molar-refractivity contribution in [2.45, 2.75) is 39.7 Å². The molecule has 3 heteroatoms. The smallest absolute Gasteiger partial charge is 0.167 e. The van der Waals surface area contributed by atoms with Gasteiger partial charge in [-0.15, -0.1) is 0 Å². The Morgan fingerprint density at radius 1 is 1.38 bits per heavy atom. The molecule has 0 aromatic carbocycles. The maximum Gasteiger partial charge on any atom is 0.167 e. The van der Waals surface area contributed by atoms with Crippen molar-refractivity contribution in [3.8, 4) is 0 Å². The maximum absolute atomic E-state index is 10.6. The quantitative estimate of drug-likeness (QED) is 0.385. The van der Waals surface area contributed by atoms with Crippen molar-refractivity contribution >= 4 is 6.29 Å². The van der Waals surface area contributed by atoms with Gasteiger partial charge in [0.15, 0.2) is 6.29 Å². The van der Waals surface area contributed by atoms with E-state index in [0.717, 1.165) is 19.3 Å². The number of hydrogen-bond acceptors (Lipinski definition) is 3. The van der Waals surface area contributed by atoms with E-state index in [9.17, 15) is 4.79 Å². The molecular weight excluding hydrogens is 164 g/mol.